The van der Waals surface area contributed by atoms with E-state index in [1.54, 1.807) is 6.92 Å². The number of carboxylic acid groups (broad SMARTS) is 1. The van der Waals surface area contributed by atoms with Crippen LogP contribution in [0.4, 0.5) is 0 Å². The summed E-state index contributed by atoms with van der Waals surface area (Å²) in [5, 5.41) is 74.5. The van der Waals surface area contributed by atoms with Gasteiger partial charge in [0.05, 0.1) is 38.2 Å². The Hall–Kier alpha value is 0.360. The zero-order chi connectivity index (χ0) is 27.4. The van der Waals surface area contributed by atoms with E-state index in [1.807, 2.05) is 20.9 Å². The molecule has 12 nitrogen and oxygen atoms in total. The minimum atomic E-state index is -1.23. The number of aliphatic hydroxyl groups is 6. The van der Waals surface area contributed by atoms with Gasteiger partial charge in [-0.25, -0.2) is 0 Å². The quantitative estimate of drug-likeness (QED) is 0.0358. The second-order valence-corrected chi connectivity index (χ2v) is 7.55. The third-order valence-corrected chi connectivity index (χ3v) is 4.68. The van der Waals surface area contributed by atoms with Crippen LogP contribution < -0.4 is 50.1 Å². The van der Waals surface area contributed by atoms with Gasteiger partial charge in [0.15, 0.2) is 0 Å². The summed E-state index contributed by atoms with van der Waals surface area (Å²) in [7, 11) is 1.93. The summed E-state index contributed by atoms with van der Waals surface area (Å²) < 4.78 is 0. The number of halogens is 1. The van der Waals surface area contributed by atoms with Crippen LogP contribution in [-0.2, 0) is 9.68 Å². The van der Waals surface area contributed by atoms with E-state index < -0.39 is 11.8 Å². The average molecular weight is 611 g/mol. The summed E-state index contributed by atoms with van der Waals surface area (Å²) in [6.45, 7) is 7.03. The number of alkyl halides is 1. The number of hydrogen-bond donors (Lipinski definition) is 8. The fourth-order valence-electron chi connectivity index (χ4n) is 2.19. The Morgan fingerprint density at radius 3 is 1.59 bits per heavy atom. The topological polar surface area (TPSA) is 210 Å². The number of carbonyl (C=O) groups excluding carboxylic acids is 1. The molecule has 0 heterocycles. The molecular weight excluding hydrogens is 547 g/mol. The first-order valence-corrected chi connectivity index (χ1v) is 12.0. The van der Waals surface area contributed by atoms with Crippen molar-refractivity contribution < 1.29 is 85.1 Å². The first-order chi connectivity index (χ1) is 16.1. The molecule has 0 bridgehead atoms. The third-order valence-electron chi connectivity index (χ3n) is 4.46. The molecule has 0 radical (unpaired) electrons. The van der Waals surface area contributed by atoms with Crippen LogP contribution in [-0.4, -0.2) is 120 Å². The SMILES string of the molecule is C.C.C.C.CCC(O)CNC(CO)CCO.CCC(O)C[NH+](C)C(CO)CCO.CCO[O-].O=C([O-])CCl.[Na+]. The van der Waals surface area contributed by atoms with Crippen LogP contribution in [0.5, 0.6) is 0 Å². The minimum absolute atomic E-state index is 0. The van der Waals surface area contributed by atoms with Crippen molar-refractivity contribution in [2.75, 3.05) is 59.1 Å². The van der Waals surface area contributed by atoms with E-state index >= 15 is 0 Å². The first kappa shape index (κ1) is 62.8. The Morgan fingerprint density at radius 2 is 1.33 bits per heavy atom. The van der Waals surface area contributed by atoms with E-state index in [1.165, 1.54) is 0 Å². The molecule has 0 aromatic heterocycles. The molecule has 242 valence electrons. The maximum Gasteiger partial charge on any atom is 1.00 e. The smallest absolute Gasteiger partial charge is 0.723 e. The van der Waals surface area contributed by atoms with Crippen LogP contribution >= 0.6 is 11.6 Å². The standard InChI is InChI=1S/C9H21NO3.C8H19NO3.C2H3ClO2.C2H6O2.4CH4.Na/c1-3-9(13)6-10(2)8(7-12)4-5-11;1-2-8(12)5-9-7(6-11)3-4-10;3-1-2(4)5;1-2-4-3;;;;;/h8-9,11-13H,3-7H2,1-2H3;7-12H,2-6H2,1H3;1H2,(H,4,5);3H,2H2,1H3;4*1H4;/q;;;;;;;;+1/p-1. The number of carboxylic acids is 1. The van der Waals surface area contributed by atoms with Crippen molar-refractivity contribution in [3.8, 4) is 0 Å². The molecule has 0 fully saturated rings. The number of quaternary nitrogens is 1. The van der Waals surface area contributed by atoms with E-state index in [0.717, 1.165) is 11.3 Å². The van der Waals surface area contributed by atoms with E-state index in [9.17, 15) is 5.11 Å². The van der Waals surface area contributed by atoms with Crippen LogP contribution in [0.15, 0.2) is 0 Å². The predicted molar refractivity (Wildman–Crippen MR) is 152 cm³/mol. The molecule has 0 aliphatic carbocycles. The van der Waals surface area contributed by atoms with Crippen LogP contribution in [0.25, 0.3) is 0 Å². The average Bonchev–Trinajstić information content (AvgIpc) is 2.85. The van der Waals surface area contributed by atoms with Gasteiger partial charge in [-0.1, -0.05) is 43.6 Å². The van der Waals surface area contributed by atoms with Gasteiger partial charge < -0.3 is 60.9 Å². The van der Waals surface area contributed by atoms with Crippen molar-refractivity contribution in [1.29, 1.82) is 0 Å². The van der Waals surface area contributed by atoms with E-state index in [0.29, 0.717) is 32.4 Å². The molecular formula is C25H64ClN2NaO10. The summed E-state index contributed by atoms with van der Waals surface area (Å²) >= 11 is 4.67. The van der Waals surface area contributed by atoms with Gasteiger partial charge in [0.1, 0.15) is 18.7 Å². The van der Waals surface area contributed by atoms with Gasteiger partial charge in [-0.2, -0.15) is 0 Å². The fourth-order valence-corrected chi connectivity index (χ4v) is 2.19. The third kappa shape index (κ3) is 55.0. The summed E-state index contributed by atoms with van der Waals surface area (Å²) in [5.74, 6) is -1.65. The Morgan fingerprint density at radius 1 is 0.923 bits per heavy atom. The van der Waals surface area contributed by atoms with Gasteiger partial charge in [0.2, 0.25) is 0 Å². The maximum atomic E-state index is 9.38. The van der Waals surface area contributed by atoms with Crippen molar-refractivity contribution in [2.24, 2.45) is 0 Å². The van der Waals surface area contributed by atoms with Crippen LogP contribution in [0.1, 0.15) is 76.2 Å². The molecule has 8 N–H and O–H groups in total. The molecule has 0 saturated carbocycles. The summed E-state index contributed by atoms with van der Waals surface area (Å²) in [6, 6.07) is -0.0672. The number of carbonyl (C=O) groups is 1. The number of aliphatic carboxylic acids is 1. The Kier molecular flexibility index (Phi) is 82.4. The molecule has 0 saturated heterocycles. The van der Waals surface area contributed by atoms with Gasteiger partial charge in [-0.05, 0) is 26.2 Å². The zero-order valence-corrected chi connectivity index (χ0v) is 24.7. The number of nitrogens with one attached hydrogen (secondary N) is 2. The minimum Gasteiger partial charge on any atom is -0.723 e. The van der Waals surface area contributed by atoms with Gasteiger partial charge >= 0.3 is 29.6 Å². The molecule has 0 spiro atoms. The molecule has 5 atom stereocenters. The number of hydrogen-bond acceptors (Lipinski definition) is 11. The summed E-state index contributed by atoms with van der Waals surface area (Å²) in [5.41, 5.74) is 0. The molecule has 0 amide bonds. The molecule has 5 unspecified atom stereocenters. The molecule has 0 aliphatic heterocycles. The Labute approximate surface area is 266 Å². The molecule has 0 aromatic rings. The van der Waals surface area contributed by atoms with E-state index in [-0.39, 0.29) is 117 Å². The van der Waals surface area contributed by atoms with Crippen LogP contribution in [0.2, 0.25) is 0 Å². The molecule has 0 aromatic carbocycles. The van der Waals surface area contributed by atoms with Gasteiger partial charge in [0.25, 0.3) is 0 Å². The van der Waals surface area contributed by atoms with Crippen molar-refractivity contribution in [3.63, 3.8) is 0 Å². The predicted octanol–water partition coefficient (Wildman–Crippen LogP) is -5.07. The molecule has 39 heavy (non-hydrogen) atoms. The molecule has 0 aliphatic rings. The summed E-state index contributed by atoms with van der Waals surface area (Å²) in [6.07, 6.45) is 1.86. The zero-order valence-electron chi connectivity index (χ0n) is 22.0. The fraction of sp³-hybridized carbons (Fsp3) is 0.960. The number of rotatable bonds is 16. The number of likely N-dealkylation sites (N-methyl/N-ethyl adjacent to an activating group) is 1. The maximum absolute atomic E-state index is 9.38. The van der Waals surface area contributed by atoms with E-state index in [2.05, 4.69) is 21.8 Å². The van der Waals surface area contributed by atoms with Crippen LogP contribution in [0.3, 0.4) is 0 Å². The number of aliphatic hydroxyl groups excluding tert-OH is 6. The second kappa shape index (κ2) is 51.1. The van der Waals surface area contributed by atoms with Crippen LogP contribution in [0, 0.1) is 0 Å². The molecule has 0 rings (SSSR count). The second-order valence-electron chi connectivity index (χ2n) is 7.28. The monoisotopic (exact) mass is 610 g/mol. The molecule has 14 heteroatoms. The Bertz CT molecular complexity index is 408. The van der Waals surface area contributed by atoms with Crippen molar-refractivity contribution in [2.45, 2.75) is 100 Å². The van der Waals surface area contributed by atoms with Gasteiger partial charge in [-0.15, -0.1) is 11.6 Å². The van der Waals surface area contributed by atoms with Crippen molar-refractivity contribution in [3.05, 3.63) is 0 Å². The van der Waals surface area contributed by atoms with Crippen molar-refractivity contribution in [1.82, 2.24) is 5.32 Å². The van der Waals surface area contributed by atoms with Gasteiger partial charge in [0, 0.05) is 38.8 Å². The first-order valence-electron chi connectivity index (χ1n) is 11.4. The summed E-state index contributed by atoms with van der Waals surface area (Å²) in [4.78, 5) is 13.5. The van der Waals surface area contributed by atoms with Gasteiger partial charge in [-0.3, -0.25) is 0 Å². The Balaban J connectivity index is -0.0000000460. The largest absolute Gasteiger partial charge is 1.00 e. The normalized spacial score (nSPS) is 12.7. The van der Waals surface area contributed by atoms with E-state index in [4.69, 9.17) is 40.7 Å². The van der Waals surface area contributed by atoms with Crippen molar-refractivity contribution >= 4 is 17.6 Å².